The lowest BCUT2D eigenvalue weighted by Crippen LogP contribution is -2.35. The van der Waals surface area contributed by atoms with Crippen molar-refractivity contribution >= 4 is 21.8 Å². The minimum absolute atomic E-state index is 0.0543. The summed E-state index contributed by atoms with van der Waals surface area (Å²) in [6.07, 6.45) is 4.42. The van der Waals surface area contributed by atoms with Gasteiger partial charge in [0.25, 0.3) is 5.56 Å². The van der Waals surface area contributed by atoms with E-state index in [4.69, 9.17) is 0 Å². The van der Waals surface area contributed by atoms with Crippen LogP contribution in [0.5, 0.6) is 0 Å². The molecule has 1 aliphatic rings. The third-order valence-electron chi connectivity index (χ3n) is 6.17. The number of H-pyrrole nitrogens is 2. The van der Waals surface area contributed by atoms with E-state index in [-0.39, 0.29) is 22.6 Å². The molecule has 0 bridgehead atoms. The molecule has 1 fully saturated rings. The first kappa shape index (κ1) is 19.8. The molecule has 2 aromatic carbocycles. The van der Waals surface area contributed by atoms with Crippen molar-refractivity contribution < 1.29 is 13.2 Å². The maximum absolute atomic E-state index is 13.6. The Morgan fingerprint density at radius 2 is 1.81 bits per heavy atom. The van der Waals surface area contributed by atoms with Gasteiger partial charge in [-0.1, -0.05) is 0 Å². The predicted molar refractivity (Wildman–Crippen MR) is 113 cm³/mol. The number of likely N-dealkylation sites (tertiary alicyclic amines) is 1. The second kappa shape index (κ2) is 7.85. The lowest BCUT2D eigenvalue weighted by Gasteiger charge is -2.31. The quantitative estimate of drug-likeness (QED) is 0.513. The summed E-state index contributed by atoms with van der Waals surface area (Å²) >= 11 is 0. The van der Waals surface area contributed by atoms with Gasteiger partial charge in [-0.3, -0.25) is 4.79 Å². The third-order valence-corrected chi connectivity index (χ3v) is 6.17. The van der Waals surface area contributed by atoms with Crippen LogP contribution in [-0.4, -0.2) is 39.5 Å². The SMILES string of the molecule is O=c1[nH]c(C2CCN(CCc3c[nH]c4cc(F)ccc34)CC2)nc2cc(F)c(F)cc12. The van der Waals surface area contributed by atoms with Crippen LogP contribution in [0.1, 0.15) is 30.1 Å². The summed E-state index contributed by atoms with van der Waals surface area (Å²) in [5.74, 6) is -1.72. The van der Waals surface area contributed by atoms with E-state index in [1.807, 2.05) is 6.20 Å². The van der Waals surface area contributed by atoms with Crippen molar-refractivity contribution in [2.24, 2.45) is 0 Å². The van der Waals surface area contributed by atoms with Gasteiger partial charge in [0.1, 0.15) is 11.6 Å². The number of fused-ring (bicyclic) bond motifs is 2. The average molecular weight is 426 g/mol. The molecule has 8 heteroatoms. The van der Waals surface area contributed by atoms with Crippen molar-refractivity contribution in [3.05, 3.63) is 75.7 Å². The first-order valence-corrected chi connectivity index (χ1v) is 10.3. The van der Waals surface area contributed by atoms with E-state index in [0.717, 1.165) is 67.5 Å². The minimum Gasteiger partial charge on any atom is -0.361 e. The monoisotopic (exact) mass is 426 g/mol. The smallest absolute Gasteiger partial charge is 0.258 e. The van der Waals surface area contributed by atoms with Gasteiger partial charge in [-0.05, 0) is 62.2 Å². The zero-order chi connectivity index (χ0) is 21.5. The molecule has 31 heavy (non-hydrogen) atoms. The number of hydrogen-bond donors (Lipinski definition) is 2. The molecule has 0 atom stereocenters. The maximum Gasteiger partial charge on any atom is 0.258 e. The zero-order valence-corrected chi connectivity index (χ0v) is 16.7. The van der Waals surface area contributed by atoms with Crippen molar-refractivity contribution in [3.8, 4) is 0 Å². The van der Waals surface area contributed by atoms with E-state index in [0.29, 0.717) is 5.82 Å². The topological polar surface area (TPSA) is 64.8 Å². The molecule has 0 radical (unpaired) electrons. The summed E-state index contributed by atoms with van der Waals surface area (Å²) in [4.78, 5) is 24.9. The van der Waals surface area contributed by atoms with Crippen LogP contribution in [0.4, 0.5) is 13.2 Å². The summed E-state index contributed by atoms with van der Waals surface area (Å²) in [6, 6.07) is 6.65. The van der Waals surface area contributed by atoms with Crippen molar-refractivity contribution in [3.63, 3.8) is 0 Å². The number of aromatic nitrogens is 3. The van der Waals surface area contributed by atoms with Crippen LogP contribution in [-0.2, 0) is 6.42 Å². The Hall–Kier alpha value is -3.13. The molecular formula is C23H21F3N4O. The fourth-order valence-corrected chi connectivity index (χ4v) is 4.42. The third kappa shape index (κ3) is 3.83. The number of halogens is 3. The van der Waals surface area contributed by atoms with Crippen LogP contribution in [0.3, 0.4) is 0 Å². The fraction of sp³-hybridized carbons (Fsp3) is 0.304. The van der Waals surface area contributed by atoms with Crippen LogP contribution in [0.25, 0.3) is 21.8 Å². The highest BCUT2D eigenvalue weighted by atomic mass is 19.2. The van der Waals surface area contributed by atoms with Crippen LogP contribution in [0.15, 0.2) is 41.3 Å². The minimum atomic E-state index is -1.05. The normalized spacial score (nSPS) is 15.8. The molecule has 0 spiro atoms. The summed E-state index contributed by atoms with van der Waals surface area (Å²) in [5.41, 5.74) is 1.69. The first-order chi connectivity index (χ1) is 15.0. The molecule has 0 aliphatic carbocycles. The number of nitrogens with one attached hydrogen (secondary N) is 2. The van der Waals surface area contributed by atoms with Crippen molar-refractivity contribution in [1.82, 2.24) is 19.9 Å². The van der Waals surface area contributed by atoms with Gasteiger partial charge in [0.15, 0.2) is 11.6 Å². The highest BCUT2D eigenvalue weighted by Crippen LogP contribution is 2.27. The van der Waals surface area contributed by atoms with E-state index < -0.39 is 17.2 Å². The van der Waals surface area contributed by atoms with Gasteiger partial charge in [-0.15, -0.1) is 0 Å². The lowest BCUT2D eigenvalue weighted by atomic mass is 9.95. The van der Waals surface area contributed by atoms with Crippen LogP contribution in [0, 0.1) is 17.5 Å². The highest BCUT2D eigenvalue weighted by molar-refractivity contribution is 5.83. The standard InChI is InChI=1S/C23H21F3N4O/c24-15-1-2-16-14(12-27-20(16)9-15)5-8-30-6-3-13(4-7-30)22-28-21-11-19(26)18(25)10-17(21)23(31)29-22/h1-2,9-13,27H,3-8H2,(H,28,29,31). The molecule has 3 heterocycles. The summed E-state index contributed by atoms with van der Waals surface area (Å²) in [7, 11) is 0. The molecule has 2 aromatic heterocycles. The van der Waals surface area contributed by atoms with Crippen molar-refractivity contribution in [2.75, 3.05) is 19.6 Å². The van der Waals surface area contributed by atoms with Crippen molar-refractivity contribution in [2.45, 2.75) is 25.2 Å². The van der Waals surface area contributed by atoms with E-state index in [9.17, 15) is 18.0 Å². The van der Waals surface area contributed by atoms with Gasteiger partial charge >= 0.3 is 0 Å². The Morgan fingerprint density at radius 3 is 2.61 bits per heavy atom. The van der Waals surface area contributed by atoms with Gasteiger partial charge in [0.2, 0.25) is 0 Å². The largest absolute Gasteiger partial charge is 0.361 e. The number of hydrogen-bond acceptors (Lipinski definition) is 3. The molecule has 0 saturated carbocycles. The number of aromatic amines is 2. The Bertz CT molecular complexity index is 1320. The summed E-state index contributed by atoms with van der Waals surface area (Å²) in [5, 5.41) is 1.09. The number of nitrogens with zero attached hydrogens (tertiary/aromatic N) is 2. The molecule has 160 valence electrons. The number of benzene rings is 2. The summed E-state index contributed by atoms with van der Waals surface area (Å²) < 4.78 is 40.4. The second-order valence-corrected chi connectivity index (χ2v) is 8.10. The molecule has 1 aliphatic heterocycles. The second-order valence-electron chi connectivity index (χ2n) is 8.10. The molecule has 1 saturated heterocycles. The molecule has 0 unspecified atom stereocenters. The Balaban J connectivity index is 1.25. The molecule has 4 aromatic rings. The molecule has 0 amide bonds. The van der Waals surface area contributed by atoms with Crippen LogP contribution < -0.4 is 5.56 Å². The predicted octanol–water partition coefficient (Wildman–Crippen LogP) is 4.24. The molecule has 5 rings (SSSR count). The zero-order valence-electron chi connectivity index (χ0n) is 16.7. The highest BCUT2D eigenvalue weighted by Gasteiger charge is 2.23. The number of piperidine rings is 1. The van der Waals surface area contributed by atoms with Crippen LogP contribution in [0.2, 0.25) is 0 Å². The molecular weight excluding hydrogens is 405 g/mol. The van der Waals surface area contributed by atoms with Crippen LogP contribution >= 0.6 is 0 Å². The first-order valence-electron chi connectivity index (χ1n) is 10.3. The van der Waals surface area contributed by atoms with E-state index >= 15 is 0 Å². The Kier molecular flexibility index (Phi) is 5.02. The van der Waals surface area contributed by atoms with Gasteiger partial charge < -0.3 is 14.9 Å². The average Bonchev–Trinajstić information content (AvgIpc) is 3.16. The maximum atomic E-state index is 13.6. The molecule has 5 nitrogen and oxygen atoms in total. The van der Waals surface area contributed by atoms with Gasteiger partial charge in [-0.2, -0.15) is 0 Å². The van der Waals surface area contributed by atoms with Gasteiger partial charge in [0.05, 0.1) is 10.9 Å². The number of rotatable bonds is 4. The molecule has 2 N–H and O–H groups in total. The van der Waals surface area contributed by atoms with E-state index in [1.165, 1.54) is 12.1 Å². The van der Waals surface area contributed by atoms with Gasteiger partial charge in [0, 0.05) is 35.6 Å². The summed E-state index contributed by atoms with van der Waals surface area (Å²) in [6.45, 7) is 2.57. The van der Waals surface area contributed by atoms with Crippen molar-refractivity contribution in [1.29, 1.82) is 0 Å². The Morgan fingerprint density at radius 1 is 1.03 bits per heavy atom. The lowest BCUT2D eigenvalue weighted by molar-refractivity contribution is 0.211. The van der Waals surface area contributed by atoms with Gasteiger partial charge in [-0.25, -0.2) is 18.2 Å². The van der Waals surface area contributed by atoms with E-state index in [1.54, 1.807) is 6.07 Å². The fourth-order valence-electron chi connectivity index (χ4n) is 4.42. The van der Waals surface area contributed by atoms with E-state index in [2.05, 4.69) is 19.9 Å². The Labute approximate surface area is 175 Å².